The Labute approximate surface area is 164 Å². The summed E-state index contributed by atoms with van der Waals surface area (Å²) in [6.45, 7) is 7.17. The van der Waals surface area contributed by atoms with Crippen LogP contribution in [0.3, 0.4) is 0 Å². The molecule has 3 rings (SSSR count). The molecule has 0 aliphatic carbocycles. The Bertz CT molecular complexity index is 843. The van der Waals surface area contributed by atoms with E-state index in [0.717, 1.165) is 24.9 Å². The van der Waals surface area contributed by atoms with Gasteiger partial charge in [0.15, 0.2) is 0 Å². The van der Waals surface area contributed by atoms with Crippen LogP contribution in [0.5, 0.6) is 0 Å². The highest BCUT2D eigenvalue weighted by Gasteiger charge is 2.25. The lowest BCUT2D eigenvalue weighted by Crippen LogP contribution is -2.48. The van der Waals surface area contributed by atoms with Crippen LogP contribution in [-0.2, 0) is 0 Å². The lowest BCUT2D eigenvalue weighted by molar-refractivity contribution is 0.0927. The van der Waals surface area contributed by atoms with Crippen LogP contribution in [-0.4, -0.2) is 35.0 Å². The normalized spacial score (nSPS) is 17.3. The Morgan fingerprint density at radius 2 is 2.19 bits per heavy atom. The highest BCUT2D eigenvalue weighted by Crippen LogP contribution is 2.25. The number of aromatic nitrogens is 2. The number of nitrogens with zero attached hydrogens (tertiary/aromatic N) is 3. The van der Waals surface area contributed by atoms with Crippen molar-refractivity contribution in [1.82, 2.24) is 15.3 Å². The van der Waals surface area contributed by atoms with Crippen molar-refractivity contribution in [3.8, 4) is 0 Å². The molecule has 5 nitrogen and oxygen atoms in total. The summed E-state index contributed by atoms with van der Waals surface area (Å²) in [5.41, 5.74) is 1.77. The maximum absolute atomic E-state index is 14.2. The number of aryl methyl sites for hydroxylation is 1. The van der Waals surface area contributed by atoms with Gasteiger partial charge in [-0.1, -0.05) is 31.5 Å². The average Bonchev–Trinajstić information content (AvgIpc) is 2.64. The standard InChI is InChI=1S/C20H24ClFN4O/c1-12(2)19-23-10-15(21)18(25-19)20(27)24-14-5-4-8-26(11-14)17-9-13(3)6-7-16(17)22/h6-7,9-10,12,14H,4-5,8,11H2,1-3H3,(H,24,27). The lowest BCUT2D eigenvalue weighted by atomic mass is 10.0. The Morgan fingerprint density at radius 1 is 1.41 bits per heavy atom. The van der Waals surface area contributed by atoms with Gasteiger partial charge in [-0.05, 0) is 37.5 Å². The molecule has 1 amide bonds. The van der Waals surface area contributed by atoms with E-state index in [4.69, 9.17) is 11.6 Å². The number of hydrogen-bond acceptors (Lipinski definition) is 4. The zero-order valence-electron chi connectivity index (χ0n) is 15.8. The zero-order valence-corrected chi connectivity index (χ0v) is 16.6. The number of hydrogen-bond donors (Lipinski definition) is 1. The highest BCUT2D eigenvalue weighted by molar-refractivity contribution is 6.33. The molecular weight excluding hydrogens is 367 g/mol. The molecule has 0 saturated carbocycles. The molecule has 0 bridgehead atoms. The van der Waals surface area contributed by atoms with Crippen molar-refractivity contribution in [3.63, 3.8) is 0 Å². The number of carbonyl (C=O) groups excluding carboxylic acids is 1. The summed E-state index contributed by atoms with van der Waals surface area (Å²) in [5.74, 6) is 0.119. The van der Waals surface area contributed by atoms with E-state index in [1.54, 1.807) is 6.07 Å². The molecule has 1 N–H and O–H groups in total. The molecule has 27 heavy (non-hydrogen) atoms. The fraction of sp³-hybridized carbons (Fsp3) is 0.450. The van der Waals surface area contributed by atoms with Crippen LogP contribution >= 0.6 is 11.6 Å². The van der Waals surface area contributed by atoms with E-state index in [-0.39, 0.29) is 34.4 Å². The van der Waals surface area contributed by atoms with Crippen LogP contribution in [0.15, 0.2) is 24.4 Å². The molecule has 1 aromatic carbocycles. The minimum absolute atomic E-state index is 0.0975. The molecule has 1 aromatic heterocycles. The SMILES string of the molecule is Cc1ccc(F)c(N2CCCC(NC(=O)c3nc(C(C)C)ncc3Cl)C2)c1. The predicted octanol–water partition coefficient (Wildman–Crippen LogP) is 4.10. The first-order chi connectivity index (χ1) is 12.8. The van der Waals surface area contributed by atoms with E-state index in [0.29, 0.717) is 18.1 Å². The minimum atomic E-state index is -0.319. The van der Waals surface area contributed by atoms with Crippen LogP contribution in [0.4, 0.5) is 10.1 Å². The largest absolute Gasteiger partial charge is 0.367 e. The van der Waals surface area contributed by atoms with Gasteiger partial charge in [0.05, 0.1) is 16.9 Å². The number of halogens is 2. The van der Waals surface area contributed by atoms with E-state index in [1.165, 1.54) is 12.3 Å². The van der Waals surface area contributed by atoms with Gasteiger partial charge in [0.1, 0.15) is 17.3 Å². The van der Waals surface area contributed by atoms with Crippen molar-refractivity contribution in [3.05, 3.63) is 52.3 Å². The van der Waals surface area contributed by atoms with Gasteiger partial charge in [-0.3, -0.25) is 4.79 Å². The van der Waals surface area contributed by atoms with E-state index in [9.17, 15) is 9.18 Å². The van der Waals surface area contributed by atoms with E-state index >= 15 is 0 Å². The number of piperidine rings is 1. The third-order valence-electron chi connectivity index (χ3n) is 4.69. The molecule has 7 heteroatoms. The van der Waals surface area contributed by atoms with Gasteiger partial charge < -0.3 is 10.2 Å². The molecule has 1 unspecified atom stereocenters. The Balaban J connectivity index is 1.73. The van der Waals surface area contributed by atoms with E-state index < -0.39 is 0 Å². The molecular formula is C20H24ClFN4O. The molecule has 1 atom stereocenters. The third-order valence-corrected chi connectivity index (χ3v) is 4.97. The summed E-state index contributed by atoms with van der Waals surface area (Å²) >= 11 is 6.13. The van der Waals surface area contributed by atoms with Crippen LogP contribution < -0.4 is 10.2 Å². The van der Waals surface area contributed by atoms with Crippen LogP contribution in [0.1, 0.15) is 54.5 Å². The summed E-state index contributed by atoms with van der Waals surface area (Å²) in [4.78, 5) is 23.2. The van der Waals surface area contributed by atoms with E-state index in [2.05, 4.69) is 15.3 Å². The van der Waals surface area contributed by atoms with Crippen molar-refractivity contribution in [2.75, 3.05) is 18.0 Å². The van der Waals surface area contributed by atoms with Crippen molar-refractivity contribution < 1.29 is 9.18 Å². The highest BCUT2D eigenvalue weighted by atomic mass is 35.5. The van der Waals surface area contributed by atoms with Crippen LogP contribution in [0.2, 0.25) is 5.02 Å². The molecule has 1 aliphatic rings. The Hall–Kier alpha value is -2.21. The topological polar surface area (TPSA) is 58.1 Å². The third kappa shape index (κ3) is 4.56. The van der Waals surface area contributed by atoms with Crippen molar-refractivity contribution in [2.24, 2.45) is 0 Å². The number of carbonyl (C=O) groups is 1. The summed E-state index contributed by atoms with van der Waals surface area (Å²) in [6.07, 6.45) is 3.16. The van der Waals surface area contributed by atoms with Gasteiger partial charge >= 0.3 is 0 Å². The van der Waals surface area contributed by atoms with Crippen molar-refractivity contribution in [1.29, 1.82) is 0 Å². The second kappa shape index (κ2) is 8.21. The van der Waals surface area contributed by atoms with Gasteiger partial charge in [0, 0.05) is 25.0 Å². The summed E-state index contributed by atoms with van der Waals surface area (Å²) in [5, 5.41) is 3.23. The molecule has 144 valence electrons. The maximum atomic E-state index is 14.2. The fourth-order valence-corrected chi connectivity index (χ4v) is 3.43. The van der Waals surface area contributed by atoms with Gasteiger partial charge in [-0.25, -0.2) is 14.4 Å². The first kappa shape index (κ1) is 19.5. The average molecular weight is 391 g/mol. The fourth-order valence-electron chi connectivity index (χ4n) is 3.25. The summed E-state index contributed by atoms with van der Waals surface area (Å²) in [7, 11) is 0. The second-order valence-corrected chi connectivity index (χ2v) is 7.70. The molecule has 0 radical (unpaired) electrons. The van der Waals surface area contributed by atoms with Crippen molar-refractivity contribution >= 4 is 23.2 Å². The van der Waals surface area contributed by atoms with Crippen LogP contribution in [0.25, 0.3) is 0 Å². The molecule has 2 aromatic rings. The first-order valence-electron chi connectivity index (χ1n) is 9.19. The summed E-state index contributed by atoms with van der Waals surface area (Å²) in [6, 6.07) is 4.99. The number of rotatable bonds is 4. The molecule has 1 saturated heterocycles. The van der Waals surface area contributed by atoms with Gasteiger partial charge in [-0.15, -0.1) is 0 Å². The Morgan fingerprint density at radius 3 is 2.93 bits per heavy atom. The molecule has 1 aliphatic heterocycles. The van der Waals surface area contributed by atoms with Gasteiger partial charge in [-0.2, -0.15) is 0 Å². The Kier molecular flexibility index (Phi) is 5.95. The molecule has 1 fully saturated rings. The molecule has 2 heterocycles. The minimum Gasteiger partial charge on any atom is -0.367 e. The zero-order chi connectivity index (χ0) is 19.6. The number of nitrogens with one attached hydrogen (secondary N) is 1. The van der Waals surface area contributed by atoms with E-state index in [1.807, 2.05) is 31.7 Å². The monoisotopic (exact) mass is 390 g/mol. The first-order valence-corrected chi connectivity index (χ1v) is 9.57. The second-order valence-electron chi connectivity index (χ2n) is 7.29. The quantitative estimate of drug-likeness (QED) is 0.853. The number of anilines is 1. The van der Waals surface area contributed by atoms with Crippen molar-refractivity contribution in [2.45, 2.75) is 45.6 Å². The number of amides is 1. The maximum Gasteiger partial charge on any atom is 0.271 e. The lowest BCUT2D eigenvalue weighted by Gasteiger charge is -2.35. The van der Waals surface area contributed by atoms with Crippen LogP contribution in [0, 0.1) is 12.7 Å². The smallest absolute Gasteiger partial charge is 0.271 e. The number of benzene rings is 1. The predicted molar refractivity (Wildman–Crippen MR) is 105 cm³/mol. The van der Waals surface area contributed by atoms with Gasteiger partial charge in [0.25, 0.3) is 5.91 Å². The van der Waals surface area contributed by atoms with Gasteiger partial charge in [0.2, 0.25) is 0 Å². The summed E-state index contributed by atoms with van der Waals surface area (Å²) < 4.78 is 14.2. The molecule has 0 spiro atoms.